The van der Waals surface area contributed by atoms with E-state index in [0.717, 1.165) is 5.69 Å². The maximum atomic E-state index is 13.4. The molecule has 1 N–H and O–H groups in total. The molecule has 1 aliphatic rings. The molecular weight excluding hydrogens is 489 g/mol. The summed E-state index contributed by atoms with van der Waals surface area (Å²) in [5.74, 6) is -0.0770. The number of aromatic nitrogens is 2. The van der Waals surface area contributed by atoms with Crippen LogP contribution in [-0.2, 0) is 27.8 Å². The number of sulfonamides is 1. The number of aliphatic carboxylic acids is 1. The van der Waals surface area contributed by atoms with E-state index in [2.05, 4.69) is 5.10 Å². The number of rotatable bonds is 7. The van der Waals surface area contributed by atoms with Crippen molar-refractivity contribution < 1.29 is 23.1 Å². The molecule has 0 unspecified atom stereocenters. The van der Waals surface area contributed by atoms with Gasteiger partial charge in [0.2, 0.25) is 10.0 Å². The summed E-state index contributed by atoms with van der Waals surface area (Å²) in [6.07, 6.45) is 3.50. The topological polar surface area (TPSA) is 102 Å². The molecule has 174 valence electrons. The molecule has 1 aromatic heterocycles. The molecule has 2 aromatic carbocycles. The monoisotopic (exact) mass is 509 g/mol. The van der Waals surface area contributed by atoms with Crippen molar-refractivity contribution in [3.8, 4) is 11.5 Å². The lowest BCUT2D eigenvalue weighted by Crippen LogP contribution is -2.33. The Balaban J connectivity index is 1.59. The molecule has 1 heterocycles. The minimum Gasteiger partial charge on any atom is -0.480 e. The first kappa shape index (κ1) is 23.6. The molecule has 8 nitrogen and oxygen atoms in total. The van der Waals surface area contributed by atoms with E-state index in [-0.39, 0.29) is 16.5 Å². The van der Waals surface area contributed by atoms with Crippen molar-refractivity contribution in [1.29, 1.82) is 0 Å². The van der Waals surface area contributed by atoms with E-state index in [1.54, 1.807) is 36.5 Å². The summed E-state index contributed by atoms with van der Waals surface area (Å²) < 4.78 is 35.3. The highest BCUT2D eigenvalue weighted by molar-refractivity contribution is 7.89. The molecule has 0 saturated carbocycles. The number of ether oxygens (including phenoxy) is 1. The fraction of sp³-hybridized carbons (Fsp3) is 0.273. The van der Waals surface area contributed by atoms with Crippen molar-refractivity contribution in [2.75, 3.05) is 7.05 Å². The highest BCUT2D eigenvalue weighted by Gasteiger charge is 2.35. The van der Waals surface area contributed by atoms with E-state index in [1.807, 2.05) is 0 Å². The van der Waals surface area contributed by atoms with Crippen molar-refractivity contribution in [3.05, 3.63) is 70.0 Å². The van der Waals surface area contributed by atoms with Crippen LogP contribution in [-0.4, -0.2) is 40.6 Å². The van der Waals surface area contributed by atoms with Crippen LogP contribution in [0.15, 0.2) is 53.6 Å². The lowest BCUT2D eigenvalue weighted by molar-refractivity contribution is -0.137. The van der Waals surface area contributed by atoms with Gasteiger partial charge >= 0.3 is 5.97 Å². The largest absolute Gasteiger partial charge is 0.480 e. The van der Waals surface area contributed by atoms with Gasteiger partial charge in [-0.05, 0) is 55.7 Å². The molecule has 1 aliphatic carbocycles. The molecule has 1 atom stereocenters. The smallest absolute Gasteiger partial charge is 0.325 e. The van der Waals surface area contributed by atoms with Crippen LogP contribution < -0.4 is 4.74 Å². The number of fused-ring (bicyclic) bond motifs is 1. The predicted molar refractivity (Wildman–Crippen MR) is 123 cm³/mol. The third kappa shape index (κ3) is 4.86. The van der Waals surface area contributed by atoms with Crippen molar-refractivity contribution in [2.45, 2.75) is 36.7 Å². The first-order chi connectivity index (χ1) is 15.7. The first-order valence-electron chi connectivity index (χ1n) is 10.1. The first-order valence-corrected chi connectivity index (χ1v) is 12.3. The number of hydrogen-bond donors (Lipinski definition) is 1. The van der Waals surface area contributed by atoms with E-state index in [0.29, 0.717) is 41.3 Å². The van der Waals surface area contributed by atoms with Gasteiger partial charge in [-0.1, -0.05) is 23.2 Å². The Bertz CT molecular complexity index is 1290. The predicted octanol–water partition coefficient (Wildman–Crippen LogP) is 4.76. The van der Waals surface area contributed by atoms with Crippen molar-refractivity contribution in [3.63, 3.8) is 0 Å². The Morgan fingerprint density at radius 2 is 1.91 bits per heavy atom. The van der Waals surface area contributed by atoms with Crippen LogP contribution in [0.25, 0.3) is 0 Å². The molecule has 0 fully saturated rings. The molecule has 0 aliphatic heterocycles. The summed E-state index contributed by atoms with van der Waals surface area (Å²) in [5.41, 5.74) is 1.46. The van der Waals surface area contributed by atoms with Gasteiger partial charge in [0.15, 0.2) is 0 Å². The minimum atomic E-state index is -3.95. The number of benzene rings is 2. The van der Waals surface area contributed by atoms with Crippen LogP contribution in [0.5, 0.6) is 11.5 Å². The molecule has 0 amide bonds. The zero-order valence-electron chi connectivity index (χ0n) is 17.6. The molecule has 4 rings (SSSR count). The zero-order valence-corrected chi connectivity index (χ0v) is 19.9. The van der Waals surface area contributed by atoms with Gasteiger partial charge in [0.1, 0.15) is 22.9 Å². The van der Waals surface area contributed by atoms with Gasteiger partial charge in [0, 0.05) is 29.4 Å². The maximum Gasteiger partial charge on any atom is 0.325 e. The second kappa shape index (κ2) is 9.34. The third-order valence-electron chi connectivity index (χ3n) is 5.56. The Morgan fingerprint density at radius 3 is 2.58 bits per heavy atom. The average Bonchev–Trinajstić information content (AvgIpc) is 3.17. The molecule has 11 heteroatoms. The van der Waals surface area contributed by atoms with Crippen molar-refractivity contribution in [2.24, 2.45) is 0 Å². The number of halogens is 2. The Hall–Kier alpha value is -2.59. The summed E-state index contributed by atoms with van der Waals surface area (Å²) >= 11 is 12.2. The van der Waals surface area contributed by atoms with Gasteiger partial charge in [-0.2, -0.15) is 9.40 Å². The van der Waals surface area contributed by atoms with E-state index in [1.165, 1.54) is 28.2 Å². The van der Waals surface area contributed by atoms with Crippen LogP contribution in [0, 0.1) is 0 Å². The number of carboxylic acids is 1. The van der Waals surface area contributed by atoms with Gasteiger partial charge < -0.3 is 9.84 Å². The summed E-state index contributed by atoms with van der Waals surface area (Å²) in [6, 6.07) is 10.7. The van der Waals surface area contributed by atoms with Gasteiger partial charge in [0.05, 0.1) is 17.3 Å². The molecule has 0 bridgehead atoms. The van der Waals surface area contributed by atoms with Crippen LogP contribution in [0.4, 0.5) is 0 Å². The van der Waals surface area contributed by atoms with Crippen molar-refractivity contribution in [1.82, 2.24) is 14.1 Å². The number of carbonyl (C=O) groups is 1. The van der Waals surface area contributed by atoms with Gasteiger partial charge in [-0.3, -0.25) is 9.48 Å². The molecular formula is C22H21Cl2N3O5S. The lowest BCUT2D eigenvalue weighted by atomic mass is 9.93. The third-order valence-corrected chi connectivity index (χ3v) is 8.17. The maximum absolute atomic E-state index is 13.4. The second-order valence-electron chi connectivity index (χ2n) is 7.68. The van der Waals surface area contributed by atoms with E-state index >= 15 is 0 Å². The lowest BCUT2D eigenvalue weighted by Gasteiger charge is -2.31. The van der Waals surface area contributed by atoms with E-state index in [4.69, 9.17) is 33.0 Å². The molecule has 33 heavy (non-hydrogen) atoms. The summed E-state index contributed by atoms with van der Waals surface area (Å²) in [5, 5.41) is 13.9. The second-order valence-corrected chi connectivity index (χ2v) is 10.5. The minimum absolute atomic E-state index is 0.0333. The highest BCUT2D eigenvalue weighted by Crippen LogP contribution is 2.38. The van der Waals surface area contributed by atoms with Crippen LogP contribution >= 0.6 is 23.2 Å². The quantitative estimate of drug-likeness (QED) is 0.492. The Kier molecular flexibility index (Phi) is 6.67. The fourth-order valence-electron chi connectivity index (χ4n) is 3.95. The van der Waals surface area contributed by atoms with Gasteiger partial charge in [-0.25, -0.2) is 8.42 Å². The van der Waals surface area contributed by atoms with Crippen molar-refractivity contribution >= 4 is 39.2 Å². The summed E-state index contributed by atoms with van der Waals surface area (Å²) in [7, 11) is -2.45. The SMILES string of the molecule is CN([C@@H]1CCCc2c1cnn2CC(=O)O)S(=O)(=O)c1ccc(Oc2ccc(Cl)cc2)cc1Cl. The molecule has 3 aromatic rings. The highest BCUT2D eigenvalue weighted by atomic mass is 35.5. The zero-order chi connectivity index (χ0) is 23.8. The summed E-state index contributed by atoms with van der Waals surface area (Å²) in [4.78, 5) is 11.1. The van der Waals surface area contributed by atoms with Gasteiger partial charge in [0.25, 0.3) is 0 Å². The standard InChI is InChI=1S/C22H21Cl2N3O5S/c1-26(19-3-2-4-20-17(19)12-25-27(20)13-22(28)29)33(30,31)21-10-9-16(11-18(21)24)32-15-7-5-14(23)6-8-15/h5-12,19H,2-4,13H2,1H3,(H,28,29)/t19-/m1/s1. The molecule has 0 spiro atoms. The van der Waals surface area contributed by atoms with Crippen LogP contribution in [0.1, 0.15) is 30.1 Å². The number of hydrogen-bond acceptors (Lipinski definition) is 5. The Labute approximate surface area is 201 Å². The average molecular weight is 510 g/mol. The fourth-order valence-corrected chi connectivity index (χ4v) is 5.95. The summed E-state index contributed by atoms with van der Waals surface area (Å²) in [6.45, 7) is -0.264. The Morgan fingerprint density at radius 1 is 1.21 bits per heavy atom. The number of nitrogens with zero attached hydrogens (tertiary/aromatic N) is 3. The van der Waals surface area contributed by atoms with Crippen LogP contribution in [0.2, 0.25) is 10.0 Å². The van der Waals surface area contributed by atoms with E-state index in [9.17, 15) is 13.2 Å². The normalized spacial score (nSPS) is 15.9. The molecule has 0 radical (unpaired) electrons. The number of carboxylic acid groups (broad SMARTS) is 1. The molecule has 0 saturated heterocycles. The van der Waals surface area contributed by atoms with Gasteiger partial charge in [-0.15, -0.1) is 0 Å². The van der Waals surface area contributed by atoms with E-state index < -0.39 is 22.0 Å². The van der Waals surface area contributed by atoms with Crippen LogP contribution in [0.3, 0.4) is 0 Å².